The van der Waals surface area contributed by atoms with Crippen LogP contribution in [0.5, 0.6) is 0 Å². The number of thiazole rings is 1. The predicted octanol–water partition coefficient (Wildman–Crippen LogP) is 2.81. The largest absolute Gasteiger partial charge is 0.245 e. The maximum absolute atomic E-state index is 4.14. The zero-order valence-corrected chi connectivity index (χ0v) is 14.6. The van der Waals surface area contributed by atoms with Gasteiger partial charge in [-0.05, 0) is 36.5 Å². The molecule has 4 heterocycles. The molecule has 3 aromatic heterocycles. The highest BCUT2D eigenvalue weighted by Crippen LogP contribution is 2.15. The Kier molecular flexibility index (Phi) is 9.11. The van der Waals surface area contributed by atoms with E-state index in [1.807, 2.05) is 23.7 Å². The van der Waals surface area contributed by atoms with Gasteiger partial charge in [-0.25, -0.2) is 4.98 Å². The van der Waals surface area contributed by atoms with Gasteiger partial charge in [0, 0.05) is 0 Å². The number of thioether (sulfide) groups is 1. The number of nitrogens with one attached hydrogen (secondary N) is 2. The van der Waals surface area contributed by atoms with Crippen molar-refractivity contribution in [1.29, 1.82) is 0 Å². The number of tetrazole rings is 1. The summed E-state index contributed by atoms with van der Waals surface area (Å²) in [5.41, 5.74) is 2.97. The minimum Gasteiger partial charge on any atom is -0.245 e. The summed E-state index contributed by atoms with van der Waals surface area (Å²) in [5, 5.41) is 21.5. The Labute approximate surface area is 147 Å². The molecule has 10 heteroatoms. The first-order chi connectivity index (χ1) is 12.0. The van der Waals surface area contributed by atoms with E-state index in [9.17, 15) is 0 Å². The predicted molar refractivity (Wildman–Crippen MR) is 96.7 cm³/mol. The van der Waals surface area contributed by atoms with Crippen LogP contribution in [0.25, 0.3) is 10.2 Å². The highest BCUT2D eigenvalue weighted by Gasteiger charge is 1.95. The second-order valence-electron chi connectivity index (χ2n) is 4.36. The van der Waals surface area contributed by atoms with E-state index in [0.29, 0.717) is 0 Å². The molecule has 0 aliphatic carbocycles. The van der Waals surface area contributed by atoms with E-state index in [-0.39, 0.29) is 0 Å². The summed E-state index contributed by atoms with van der Waals surface area (Å²) in [4.78, 5) is 4.14. The average Bonchev–Trinajstić information content (AvgIpc) is 3.48. The SMILES string of the molecule is C1CCSC1.c1ccc2scnc2c1.c1cn[nH]n1.c1nn[nH]n1. The van der Waals surface area contributed by atoms with Crippen molar-refractivity contribution in [2.24, 2.45) is 0 Å². The molecule has 24 heavy (non-hydrogen) atoms. The fourth-order valence-electron chi connectivity index (χ4n) is 1.61. The van der Waals surface area contributed by atoms with Gasteiger partial charge in [-0.1, -0.05) is 17.3 Å². The molecule has 2 N–H and O–H groups in total. The maximum Gasteiger partial charge on any atom is 0.161 e. The van der Waals surface area contributed by atoms with Gasteiger partial charge in [0.05, 0.1) is 28.1 Å². The van der Waals surface area contributed by atoms with E-state index in [0.717, 1.165) is 5.52 Å². The van der Waals surface area contributed by atoms with Crippen molar-refractivity contribution in [3.8, 4) is 0 Å². The normalized spacial score (nSPS) is 12.2. The van der Waals surface area contributed by atoms with E-state index < -0.39 is 0 Å². The number of hydrogen-bond acceptors (Lipinski definition) is 8. The number of hydrogen-bond donors (Lipinski definition) is 2. The fourth-order valence-corrected chi connectivity index (χ4v) is 3.31. The van der Waals surface area contributed by atoms with Crippen LogP contribution in [0.15, 0.2) is 48.5 Å². The quantitative estimate of drug-likeness (QED) is 0.495. The molecular weight excluding hydrogens is 344 g/mol. The zero-order chi connectivity index (χ0) is 16.7. The molecule has 5 rings (SSSR count). The monoisotopic (exact) mass is 362 g/mol. The number of aromatic nitrogens is 8. The molecule has 1 fully saturated rings. The summed E-state index contributed by atoms with van der Waals surface area (Å²) in [5.74, 6) is 2.83. The van der Waals surface area contributed by atoms with Crippen molar-refractivity contribution in [2.75, 3.05) is 11.5 Å². The van der Waals surface area contributed by atoms with Gasteiger partial charge in [-0.3, -0.25) is 0 Å². The van der Waals surface area contributed by atoms with Crippen molar-refractivity contribution < 1.29 is 0 Å². The minimum absolute atomic E-state index is 1.10. The van der Waals surface area contributed by atoms with Crippen molar-refractivity contribution in [1.82, 2.24) is 41.0 Å². The van der Waals surface area contributed by atoms with Crippen LogP contribution in [0.3, 0.4) is 0 Å². The van der Waals surface area contributed by atoms with Gasteiger partial charge >= 0.3 is 0 Å². The summed E-state index contributed by atoms with van der Waals surface area (Å²) in [6.07, 6.45) is 7.43. The molecule has 126 valence electrons. The lowest BCUT2D eigenvalue weighted by molar-refractivity contribution is 0.881. The number of rotatable bonds is 0. The topological polar surface area (TPSA) is 109 Å². The second-order valence-corrected chi connectivity index (χ2v) is 6.47. The molecule has 0 bridgehead atoms. The smallest absolute Gasteiger partial charge is 0.161 e. The molecule has 0 radical (unpaired) electrons. The first-order valence-corrected chi connectivity index (χ1v) is 9.32. The lowest BCUT2D eigenvalue weighted by atomic mass is 10.3. The molecule has 4 aromatic rings. The first-order valence-electron chi connectivity index (χ1n) is 7.29. The van der Waals surface area contributed by atoms with Gasteiger partial charge in [0.2, 0.25) is 0 Å². The van der Waals surface area contributed by atoms with Crippen LogP contribution < -0.4 is 0 Å². The van der Waals surface area contributed by atoms with Gasteiger partial charge < -0.3 is 0 Å². The molecule has 1 aromatic carbocycles. The number of H-pyrrole nitrogens is 2. The molecule has 1 saturated heterocycles. The Balaban J connectivity index is 0.000000121. The van der Waals surface area contributed by atoms with Gasteiger partial charge in [-0.2, -0.15) is 32.4 Å². The van der Waals surface area contributed by atoms with Crippen molar-refractivity contribution in [2.45, 2.75) is 12.8 Å². The first kappa shape index (κ1) is 18.0. The molecule has 0 spiro atoms. The number of nitrogens with zero attached hydrogens (tertiary/aromatic N) is 6. The van der Waals surface area contributed by atoms with E-state index in [4.69, 9.17) is 0 Å². The third-order valence-electron chi connectivity index (χ3n) is 2.66. The minimum atomic E-state index is 1.10. The van der Waals surface area contributed by atoms with Crippen molar-refractivity contribution >= 4 is 33.3 Å². The van der Waals surface area contributed by atoms with Crippen molar-refractivity contribution in [3.05, 3.63) is 48.5 Å². The Morgan fingerprint density at radius 3 is 2.17 bits per heavy atom. The van der Waals surface area contributed by atoms with Gasteiger partial charge in [0.25, 0.3) is 0 Å². The Bertz CT molecular complexity index is 624. The standard InChI is InChI=1S/C7H5NS.C4H8S.C2H3N3.CH2N4/c1-2-4-7-6(3-1)8-5-9-7;3*1-2-4-5-3-1/h1-5H;1-4H2;1-2H,(H,3,4,5);1H,(H,2,3,4,5). The summed E-state index contributed by atoms with van der Waals surface area (Å²) >= 11 is 3.75. The third-order valence-corrected chi connectivity index (χ3v) is 4.63. The van der Waals surface area contributed by atoms with Crippen LogP contribution in [0, 0.1) is 0 Å². The Morgan fingerprint density at radius 1 is 0.917 bits per heavy atom. The van der Waals surface area contributed by atoms with Gasteiger partial charge in [0.1, 0.15) is 0 Å². The number of para-hydroxylation sites is 1. The fraction of sp³-hybridized carbons (Fsp3) is 0.286. The molecule has 8 nitrogen and oxygen atoms in total. The molecule has 1 aliphatic heterocycles. The van der Waals surface area contributed by atoms with E-state index in [1.54, 1.807) is 23.7 Å². The summed E-state index contributed by atoms with van der Waals surface area (Å²) in [7, 11) is 0. The number of fused-ring (bicyclic) bond motifs is 1. The molecule has 0 unspecified atom stereocenters. The lowest BCUT2D eigenvalue weighted by Gasteiger charge is -1.80. The van der Waals surface area contributed by atoms with Crippen LogP contribution in [-0.4, -0.2) is 52.5 Å². The highest BCUT2D eigenvalue weighted by molar-refractivity contribution is 7.99. The lowest BCUT2D eigenvalue weighted by Crippen LogP contribution is -1.64. The van der Waals surface area contributed by atoms with E-state index >= 15 is 0 Å². The van der Waals surface area contributed by atoms with Crippen LogP contribution >= 0.6 is 23.1 Å². The maximum atomic E-state index is 4.14. The molecule has 0 atom stereocenters. The zero-order valence-electron chi connectivity index (χ0n) is 12.9. The van der Waals surface area contributed by atoms with Crippen LogP contribution in [0.2, 0.25) is 0 Å². The molecule has 0 amide bonds. The van der Waals surface area contributed by atoms with Gasteiger partial charge in [0.15, 0.2) is 6.33 Å². The summed E-state index contributed by atoms with van der Waals surface area (Å²) < 4.78 is 1.26. The molecule has 0 saturated carbocycles. The highest BCUT2D eigenvalue weighted by atomic mass is 32.2. The number of aromatic amines is 2. The van der Waals surface area contributed by atoms with Crippen LogP contribution in [0.4, 0.5) is 0 Å². The molecular formula is C14H18N8S2. The third kappa shape index (κ3) is 7.79. The Hall–Kier alpha value is -2.33. The van der Waals surface area contributed by atoms with Crippen LogP contribution in [-0.2, 0) is 0 Å². The number of benzene rings is 1. The van der Waals surface area contributed by atoms with Crippen molar-refractivity contribution in [3.63, 3.8) is 0 Å². The van der Waals surface area contributed by atoms with Crippen LogP contribution in [0.1, 0.15) is 12.8 Å². The molecule has 1 aliphatic rings. The van der Waals surface area contributed by atoms with E-state index in [1.165, 1.54) is 35.4 Å². The summed E-state index contributed by atoms with van der Waals surface area (Å²) in [6.45, 7) is 0. The van der Waals surface area contributed by atoms with Gasteiger partial charge in [-0.15, -0.1) is 21.5 Å². The average molecular weight is 362 g/mol. The second kappa shape index (κ2) is 12.1. The summed E-state index contributed by atoms with van der Waals surface area (Å²) in [6, 6.07) is 8.13. The Morgan fingerprint density at radius 2 is 1.71 bits per heavy atom. The van der Waals surface area contributed by atoms with E-state index in [2.05, 4.69) is 58.8 Å².